The van der Waals surface area contributed by atoms with Gasteiger partial charge in [-0.1, -0.05) is 42.1 Å². The second kappa shape index (κ2) is 6.87. The van der Waals surface area contributed by atoms with Gasteiger partial charge in [0.2, 0.25) is 5.91 Å². The third kappa shape index (κ3) is 4.80. The molecule has 0 bridgehead atoms. The van der Waals surface area contributed by atoms with Crippen LogP contribution in [-0.2, 0) is 4.79 Å². The molecule has 0 saturated carbocycles. The number of imidazole rings is 1. The van der Waals surface area contributed by atoms with Gasteiger partial charge >= 0.3 is 6.18 Å². The number of halogens is 3. The monoisotopic (exact) mass is 329 g/mol. The number of aromatic amines is 1. The van der Waals surface area contributed by atoms with Crippen LogP contribution in [0, 0.1) is 0 Å². The fourth-order valence-corrected chi connectivity index (χ4v) is 2.49. The molecule has 0 saturated heterocycles. The van der Waals surface area contributed by atoms with Gasteiger partial charge in [-0.3, -0.25) is 4.79 Å². The third-order valence-corrected chi connectivity index (χ3v) is 3.76. The van der Waals surface area contributed by atoms with Crippen molar-refractivity contribution >= 4 is 17.7 Å². The van der Waals surface area contributed by atoms with Crippen LogP contribution in [0.5, 0.6) is 0 Å². The van der Waals surface area contributed by atoms with Gasteiger partial charge in [-0.2, -0.15) is 13.2 Å². The second-order valence-electron chi connectivity index (χ2n) is 4.56. The zero-order valence-corrected chi connectivity index (χ0v) is 12.5. The van der Waals surface area contributed by atoms with Crippen LogP contribution in [0.15, 0.2) is 41.7 Å². The number of carbonyl (C=O) groups is 1. The highest BCUT2D eigenvalue weighted by atomic mass is 32.2. The van der Waals surface area contributed by atoms with Crippen LogP contribution in [0.2, 0.25) is 0 Å². The van der Waals surface area contributed by atoms with E-state index in [2.05, 4.69) is 9.97 Å². The normalized spacial score (nSPS) is 12.9. The Morgan fingerprint density at radius 1 is 1.36 bits per heavy atom. The number of H-pyrrole nitrogens is 1. The molecular weight excluding hydrogens is 315 g/mol. The van der Waals surface area contributed by atoms with Crippen molar-refractivity contribution in [1.82, 2.24) is 15.3 Å². The molecule has 8 heteroatoms. The first-order valence-corrected chi connectivity index (χ1v) is 7.34. The lowest BCUT2D eigenvalue weighted by molar-refractivity contribution is -0.137. The number of nitrogens with zero attached hydrogens (tertiary/aromatic N) is 1. The van der Waals surface area contributed by atoms with Gasteiger partial charge in [-0.25, -0.2) is 4.98 Å². The average molecular weight is 329 g/mol. The highest BCUT2D eigenvalue weighted by Gasteiger charge is 2.29. The van der Waals surface area contributed by atoms with Gasteiger partial charge in [-0.05, 0) is 12.5 Å². The topological polar surface area (TPSA) is 57.8 Å². The van der Waals surface area contributed by atoms with E-state index in [9.17, 15) is 18.0 Å². The van der Waals surface area contributed by atoms with Gasteiger partial charge in [0.25, 0.3) is 0 Å². The molecule has 0 radical (unpaired) electrons. The number of nitrogens with one attached hydrogen (secondary N) is 2. The smallest absolute Gasteiger partial charge is 0.346 e. The zero-order chi connectivity index (χ0) is 16.2. The number of amides is 1. The number of rotatable bonds is 5. The molecule has 1 unspecified atom stereocenters. The summed E-state index contributed by atoms with van der Waals surface area (Å²) in [5.74, 6) is -0.681. The molecule has 1 atom stereocenters. The minimum Gasteiger partial charge on any atom is -0.346 e. The second-order valence-corrected chi connectivity index (χ2v) is 5.89. The Morgan fingerprint density at radius 3 is 2.68 bits per heavy atom. The van der Waals surface area contributed by atoms with Crippen molar-refractivity contribution in [3.63, 3.8) is 0 Å². The summed E-state index contributed by atoms with van der Waals surface area (Å²) in [4.78, 5) is 18.8. The summed E-state index contributed by atoms with van der Waals surface area (Å²) in [5, 5.41) is 1.65. The Bertz CT molecular complexity index is 628. The first kappa shape index (κ1) is 16.4. The van der Waals surface area contributed by atoms with Crippen molar-refractivity contribution < 1.29 is 18.0 Å². The van der Waals surface area contributed by atoms with Crippen molar-refractivity contribution in [3.05, 3.63) is 36.5 Å². The van der Waals surface area contributed by atoms with Crippen molar-refractivity contribution in [2.45, 2.75) is 23.5 Å². The van der Waals surface area contributed by atoms with Crippen LogP contribution in [0.4, 0.5) is 13.2 Å². The van der Waals surface area contributed by atoms with Crippen molar-refractivity contribution in [1.29, 1.82) is 0 Å². The van der Waals surface area contributed by atoms with Gasteiger partial charge in [0, 0.05) is 0 Å². The molecule has 22 heavy (non-hydrogen) atoms. The Kier molecular flexibility index (Phi) is 5.12. The largest absolute Gasteiger partial charge is 0.405 e. The summed E-state index contributed by atoms with van der Waals surface area (Å²) < 4.78 is 36.2. The van der Waals surface area contributed by atoms with E-state index >= 15 is 0 Å². The van der Waals surface area contributed by atoms with Gasteiger partial charge < -0.3 is 10.3 Å². The van der Waals surface area contributed by atoms with Crippen LogP contribution in [0.3, 0.4) is 0 Å². The molecule has 1 aromatic carbocycles. The third-order valence-electron chi connectivity index (χ3n) is 2.76. The highest BCUT2D eigenvalue weighted by Crippen LogP contribution is 2.24. The SMILES string of the molecule is CC(Sc1ncc(-c2ccccc2)[nH]1)C(=O)NCC(F)(F)F. The Morgan fingerprint density at radius 2 is 2.05 bits per heavy atom. The number of carbonyl (C=O) groups excluding carboxylic acids is 1. The van der Waals surface area contributed by atoms with E-state index in [0.29, 0.717) is 5.16 Å². The molecule has 1 aromatic heterocycles. The average Bonchev–Trinajstić information content (AvgIpc) is 2.93. The van der Waals surface area contributed by atoms with Crippen molar-refractivity contribution in [2.75, 3.05) is 6.54 Å². The number of alkyl halides is 3. The molecule has 1 amide bonds. The molecule has 2 N–H and O–H groups in total. The van der Waals surface area contributed by atoms with E-state index in [0.717, 1.165) is 23.0 Å². The highest BCUT2D eigenvalue weighted by molar-refractivity contribution is 8.00. The lowest BCUT2D eigenvalue weighted by atomic mass is 10.2. The van der Waals surface area contributed by atoms with Gasteiger partial charge in [0.05, 0.1) is 17.1 Å². The predicted octanol–water partition coefficient (Wildman–Crippen LogP) is 3.24. The van der Waals surface area contributed by atoms with Crippen LogP contribution < -0.4 is 5.32 Å². The lowest BCUT2D eigenvalue weighted by Gasteiger charge is -2.12. The molecule has 0 aliphatic rings. The number of hydrogen-bond donors (Lipinski definition) is 2. The number of thioether (sulfide) groups is 1. The van der Waals surface area contributed by atoms with E-state index in [4.69, 9.17) is 0 Å². The minimum absolute atomic E-state index is 0.480. The molecule has 0 aliphatic carbocycles. The molecule has 2 rings (SSSR count). The van der Waals surface area contributed by atoms with E-state index in [-0.39, 0.29) is 0 Å². The van der Waals surface area contributed by atoms with Crippen molar-refractivity contribution in [2.24, 2.45) is 0 Å². The molecule has 2 aromatic rings. The molecule has 118 valence electrons. The van der Waals surface area contributed by atoms with E-state index in [1.165, 1.54) is 6.92 Å². The summed E-state index contributed by atoms with van der Waals surface area (Å²) in [6, 6.07) is 9.47. The lowest BCUT2D eigenvalue weighted by Crippen LogP contribution is -2.38. The van der Waals surface area contributed by atoms with Crippen molar-refractivity contribution in [3.8, 4) is 11.3 Å². The summed E-state index contributed by atoms with van der Waals surface area (Å²) in [6.07, 6.45) is -2.79. The van der Waals surface area contributed by atoms with Gasteiger partial charge in [-0.15, -0.1) is 0 Å². The summed E-state index contributed by atoms with van der Waals surface area (Å²) in [6.45, 7) is 0.200. The summed E-state index contributed by atoms with van der Waals surface area (Å²) in [7, 11) is 0. The first-order chi connectivity index (χ1) is 10.3. The van der Waals surface area contributed by atoms with Crippen LogP contribution in [-0.4, -0.2) is 33.8 Å². The Hall–Kier alpha value is -1.96. The Balaban J connectivity index is 1.94. The molecule has 4 nitrogen and oxygen atoms in total. The Labute approximate surface area is 129 Å². The fraction of sp³-hybridized carbons (Fsp3) is 0.286. The minimum atomic E-state index is -4.41. The maximum atomic E-state index is 12.1. The maximum Gasteiger partial charge on any atom is 0.405 e. The van der Waals surface area contributed by atoms with Gasteiger partial charge in [0.1, 0.15) is 6.54 Å². The predicted molar refractivity (Wildman–Crippen MR) is 78.4 cm³/mol. The molecule has 0 spiro atoms. The zero-order valence-electron chi connectivity index (χ0n) is 11.6. The summed E-state index contributed by atoms with van der Waals surface area (Å²) >= 11 is 1.07. The van der Waals surface area contributed by atoms with E-state index < -0.39 is 23.9 Å². The van der Waals surface area contributed by atoms with Crippen LogP contribution in [0.1, 0.15) is 6.92 Å². The number of hydrogen-bond acceptors (Lipinski definition) is 3. The molecule has 0 aliphatic heterocycles. The van der Waals surface area contributed by atoms with Crippen LogP contribution >= 0.6 is 11.8 Å². The van der Waals surface area contributed by atoms with E-state index in [1.54, 1.807) is 6.20 Å². The maximum absolute atomic E-state index is 12.1. The quantitative estimate of drug-likeness (QED) is 0.828. The van der Waals surface area contributed by atoms with Gasteiger partial charge in [0.15, 0.2) is 5.16 Å². The fourth-order valence-electron chi connectivity index (χ4n) is 1.68. The molecular formula is C14H14F3N3OS. The molecule has 0 fully saturated rings. The summed E-state index contributed by atoms with van der Waals surface area (Å²) in [5.41, 5.74) is 1.72. The van der Waals surface area contributed by atoms with E-state index in [1.807, 2.05) is 35.6 Å². The standard InChI is InChI=1S/C14H14F3N3OS/c1-9(12(21)19-8-14(15,16)17)22-13-18-7-11(20-13)10-5-3-2-4-6-10/h2-7,9H,8H2,1H3,(H,18,20)(H,19,21). The molecule has 1 heterocycles. The number of benzene rings is 1. The first-order valence-electron chi connectivity index (χ1n) is 6.47. The number of aromatic nitrogens is 2. The van der Waals surface area contributed by atoms with Crippen LogP contribution in [0.25, 0.3) is 11.3 Å².